The number of aliphatic hydroxyl groups is 4. The van der Waals surface area contributed by atoms with Gasteiger partial charge in [-0.1, -0.05) is 33.6 Å². The van der Waals surface area contributed by atoms with Gasteiger partial charge in [-0.25, -0.2) is 4.18 Å². The van der Waals surface area contributed by atoms with Gasteiger partial charge in [0.05, 0.1) is 24.9 Å². The van der Waals surface area contributed by atoms with Crippen LogP contribution in [0.4, 0.5) is 0 Å². The highest BCUT2D eigenvalue weighted by Gasteiger charge is 2.65. The van der Waals surface area contributed by atoms with Gasteiger partial charge < -0.3 is 20.4 Å². The summed E-state index contributed by atoms with van der Waals surface area (Å²) in [6, 6.07) is 0. The Kier molecular flexibility index (Phi) is 8.53. The zero-order valence-corrected chi connectivity index (χ0v) is 22.9. The molecule has 0 heterocycles. The largest absolute Gasteiger partial charge is 0.397 e. The molecular weight excluding hydrogens is 484 g/mol. The maximum atomic E-state index is 11.7. The molecular formula is C27H48O8S. The van der Waals surface area contributed by atoms with E-state index < -0.39 is 16.5 Å². The molecule has 5 N–H and O–H groups in total. The fourth-order valence-corrected chi connectivity index (χ4v) is 9.84. The van der Waals surface area contributed by atoms with Crippen LogP contribution in [0.25, 0.3) is 0 Å². The average molecular weight is 533 g/mol. The first-order valence-electron chi connectivity index (χ1n) is 14.1. The molecule has 4 saturated carbocycles. The lowest BCUT2D eigenvalue weighted by Gasteiger charge is -2.63. The highest BCUT2D eigenvalue weighted by Crippen LogP contribution is 2.68. The van der Waals surface area contributed by atoms with Crippen molar-refractivity contribution in [2.45, 2.75) is 103 Å². The van der Waals surface area contributed by atoms with Gasteiger partial charge in [-0.05, 0) is 97.7 Å². The van der Waals surface area contributed by atoms with Crippen LogP contribution < -0.4 is 0 Å². The standard InChI is InChI=1S/C27H48O8S/c1-16(5-4-6-17(14-28)15-35-36(32,33)34)20-7-8-21-25-22(13-24(31)27(20,21)3)26(2)10-9-19(29)11-18(26)12-23(25)30/h16-25,28-31H,4-15H2,1-3H3,(H,32,33,34)/t16-,17?,18-,19-,20-,21+,22+,23-,24+,25+,26+,27-/m1/s1. The second-order valence-corrected chi connectivity index (χ2v) is 14.3. The molecule has 0 radical (unpaired) electrons. The highest BCUT2D eigenvalue weighted by atomic mass is 32.3. The number of fused-ring (bicyclic) bond motifs is 5. The Bertz CT molecular complexity index is 866. The molecule has 4 aliphatic rings. The minimum absolute atomic E-state index is 0.0680. The molecule has 36 heavy (non-hydrogen) atoms. The second-order valence-electron chi connectivity index (χ2n) is 13.2. The van der Waals surface area contributed by atoms with E-state index in [0.717, 1.165) is 57.8 Å². The SMILES string of the molecule is C[C@H](CCCC(CO)COS(=O)(=O)O)[C@H]1CC[C@H]2[C@@H]3[C@H](O)C[C@H]4C[C@H](O)CC[C@]4(C)[C@H]3C[C@H](O)[C@]12C. The van der Waals surface area contributed by atoms with Gasteiger partial charge in [0.2, 0.25) is 0 Å². The van der Waals surface area contributed by atoms with E-state index in [9.17, 15) is 28.8 Å². The van der Waals surface area contributed by atoms with Gasteiger partial charge in [0, 0.05) is 12.5 Å². The lowest BCUT2D eigenvalue weighted by atomic mass is 9.43. The van der Waals surface area contributed by atoms with E-state index in [2.05, 4.69) is 25.0 Å². The Morgan fingerprint density at radius 1 is 1.00 bits per heavy atom. The molecule has 4 aliphatic carbocycles. The Morgan fingerprint density at radius 2 is 1.72 bits per heavy atom. The molecule has 0 spiro atoms. The zero-order valence-electron chi connectivity index (χ0n) is 22.1. The van der Waals surface area contributed by atoms with Crippen LogP contribution in [0.5, 0.6) is 0 Å². The van der Waals surface area contributed by atoms with Crippen molar-refractivity contribution in [1.29, 1.82) is 0 Å². The Labute approximate surface area is 216 Å². The number of aliphatic hydroxyl groups excluding tert-OH is 4. The van der Waals surface area contributed by atoms with Crippen molar-refractivity contribution in [3.8, 4) is 0 Å². The Balaban J connectivity index is 1.42. The molecule has 4 rings (SSSR count). The summed E-state index contributed by atoms with van der Waals surface area (Å²) in [6.45, 7) is 6.39. The van der Waals surface area contributed by atoms with Gasteiger partial charge in [-0.3, -0.25) is 4.55 Å². The van der Waals surface area contributed by atoms with Crippen molar-refractivity contribution in [2.24, 2.45) is 52.3 Å². The van der Waals surface area contributed by atoms with Crippen molar-refractivity contribution in [1.82, 2.24) is 0 Å². The van der Waals surface area contributed by atoms with Crippen LogP contribution >= 0.6 is 0 Å². The maximum absolute atomic E-state index is 11.7. The van der Waals surface area contributed by atoms with Crippen LogP contribution in [0.2, 0.25) is 0 Å². The van der Waals surface area contributed by atoms with Gasteiger partial charge in [0.25, 0.3) is 0 Å². The average Bonchev–Trinajstić information content (AvgIpc) is 3.16. The molecule has 12 atom stereocenters. The molecule has 0 aromatic carbocycles. The van der Waals surface area contributed by atoms with E-state index in [0.29, 0.717) is 24.2 Å². The predicted molar refractivity (Wildman–Crippen MR) is 135 cm³/mol. The summed E-state index contributed by atoms with van der Waals surface area (Å²) >= 11 is 0. The number of hydrogen-bond donors (Lipinski definition) is 5. The summed E-state index contributed by atoms with van der Waals surface area (Å²) < 4.78 is 34.9. The van der Waals surface area contributed by atoms with Crippen LogP contribution in [-0.2, 0) is 14.6 Å². The molecule has 0 bridgehead atoms. The van der Waals surface area contributed by atoms with E-state index in [1.807, 2.05) is 0 Å². The topological polar surface area (TPSA) is 145 Å². The molecule has 0 amide bonds. The highest BCUT2D eigenvalue weighted by molar-refractivity contribution is 7.80. The summed E-state index contributed by atoms with van der Waals surface area (Å²) in [6.07, 6.45) is 7.30. The van der Waals surface area contributed by atoms with E-state index in [4.69, 9.17) is 4.55 Å². The van der Waals surface area contributed by atoms with Crippen molar-refractivity contribution in [2.75, 3.05) is 13.2 Å². The maximum Gasteiger partial charge on any atom is 0.397 e. The summed E-state index contributed by atoms with van der Waals surface area (Å²) in [4.78, 5) is 0. The van der Waals surface area contributed by atoms with Crippen LogP contribution in [-0.4, -0.2) is 64.9 Å². The molecule has 0 aromatic heterocycles. The summed E-state index contributed by atoms with van der Waals surface area (Å²) in [5.74, 6) is 1.42. The number of hydrogen-bond acceptors (Lipinski definition) is 7. The lowest BCUT2D eigenvalue weighted by molar-refractivity contribution is -0.207. The zero-order chi connectivity index (χ0) is 26.5. The molecule has 0 saturated heterocycles. The third kappa shape index (κ3) is 5.27. The van der Waals surface area contributed by atoms with Crippen LogP contribution in [0.1, 0.15) is 85.0 Å². The van der Waals surface area contributed by atoms with Crippen molar-refractivity contribution >= 4 is 10.4 Å². The molecule has 0 aromatic rings. The first kappa shape index (κ1) is 28.7. The van der Waals surface area contributed by atoms with Gasteiger partial charge >= 0.3 is 10.4 Å². The first-order valence-corrected chi connectivity index (χ1v) is 15.4. The van der Waals surface area contributed by atoms with Crippen LogP contribution in [0, 0.1) is 52.3 Å². The Morgan fingerprint density at radius 3 is 2.39 bits per heavy atom. The van der Waals surface area contributed by atoms with Gasteiger partial charge in [-0.2, -0.15) is 8.42 Å². The third-order valence-corrected chi connectivity index (χ3v) is 11.9. The minimum Gasteiger partial charge on any atom is -0.396 e. The van der Waals surface area contributed by atoms with Crippen molar-refractivity contribution < 1.29 is 37.6 Å². The van der Waals surface area contributed by atoms with Crippen molar-refractivity contribution in [3.63, 3.8) is 0 Å². The summed E-state index contributed by atoms with van der Waals surface area (Å²) in [5.41, 5.74) is -0.179. The fourth-order valence-electron chi connectivity index (χ4n) is 9.47. The van der Waals surface area contributed by atoms with E-state index in [-0.39, 0.29) is 59.9 Å². The molecule has 9 heteroatoms. The van der Waals surface area contributed by atoms with Gasteiger partial charge in [0.15, 0.2) is 0 Å². The quantitative estimate of drug-likeness (QED) is 0.285. The van der Waals surface area contributed by atoms with Gasteiger partial charge in [0.1, 0.15) is 0 Å². The van der Waals surface area contributed by atoms with Gasteiger partial charge in [-0.15, -0.1) is 0 Å². The van der Waals surface area contributed by atoms with E-state index >= 15 is 0 Å². The lowest BCUT2D eigenvalue weighted by Crippen LogP contribution is -2.62. The van der Waals surface area contributed by atoms with E-state index in [1.54, 1.807) is 0 Å². The molecule has 210 valence electrons. The predicted octanol–water partition coefficient (Wildman–Crippen LogP) is 3.18. The van der Waals surface area contributed by atoms with Crippen LogP contribution in [0.15, 0.2) is 0 Å². The van der Waals surface area contributed by atoms with E-state index in [1.165, 1.54) is 0 Å². The summed E-state index contributed by atoms with van der Waals surface area (Å²) in [5, 5.41) is 42.9. The fraction of sp³-hybridized carbons (Fsp3) is 1.00. The molecule has 0 aliphatic heterocycles. The molecule has 1 unspecified atom stereocenters. The summed E-state index contributed by atoms with van der Waals surface area (Å²) in [7, 11) is -4.51. The molecule has 8 nitrogen and oxygen atoms in total. The normalized spacial score (nSPS) is 46.4. The molecule has 4 fully saturated rings. The second kappa shape index (κ2) is 10.7. The smallest absolute Gasteiger partial charge is 0.396 e. The monoisotopic (exact) mass is 532 g/mol. The van der Waals surface area contributed by atoms with Crippen molar-refractivity contribution in [3.05, 3.63) is 0 Å². The number of rotatable bonds is 9. The third-order valence-electron chi connectivity index (χ3n) is 11.5. The van der Waals surface area contributed by atoms with Crippen LogP contribution in [0.3, 0.4) is 0 Å². The minimum atomic E-state index is -4.51. The first-order chi connectivity index (χ1) is 16.8. The Hall–Kier alpha value is -0.290.